The van der Waals surface area contributed by atoms with Crippen LogP contribution in [0.1, 0.15) is 66.9 Å². The zero-order valence-electron chi connectivity index (χ0n) is 23.8. The molecule has 2 aromatic carbocycles. The number of pyridine rings is 2. The van der Waals surface area contributed by atoms with Gasteiger partial charge in [-0.1, -0.05) is 45.9 Å². The van der Waals surface area contributed by atoms with Gasteiger partial charge in [0, 0.05) is 32.4 Å². The highest BCUT2D eigenvalue weighted by atomic mass is 16.3. The van der Waals surface area contributed by atoms with Gasteiger partial charge in [0.25, 0.3) is 0 Å². The van der Waals surface area contributed by atoms with Gasteiger partial charge in [0.2, 0.25) is 11.4 Å². The van der Waals surface area contributed by atoms with Crippen LogP contribution in [0.25, 0.3) is 44.2 Å². The van der Waals surface area contributed by atoms with Crippen LogP contribution in [0, 0.1) is 13.8 Å². The lowest BCUT2D eigenvalue weighted by atomic mass is 9.62. The first-order valence-electron chi connectivity index (χ1n) is 13.6. The summed E-state index contributed by atoms with van der Waals surface area (Å²) >= 11 is 0. The van der Waals surface area contributed by atoms with E-state index in [-0.39, 0.29) is 10.8 Å². The summed E-state index contributed by atoms with van der Waals surface area (Å²) in [5.74, 6) is 0. The normalized spacial score (nSPS) is 18.6. The molecule has 0 N–H and O–H groups in total. The SMILES string of the molecule is [2H]C([2H])([2H])c1cc(C)c(-c2cccc[n+]2C)c2oc3nc4c5c(ccc4cc3c12)C(C)(C)CCC5(C)C. The van der Waals surface area contributed by atoms with Crippen molar-refractivity contribution in [1.29, 1.82) is 0 Å². The van der Waals surface area contributed by atoms with Crippen LogP contribution in [0.5, 0.6) is 0 Å². The van der Waals surface area contributed by atoms with E-state index in [9.17, 15) is 0 Å². The summed E-state index contributed by atoms with van der Waals surface area (Å²) in [7, 11) is 1.99. The second-order valence-corrected chi connectivity index (χ2v) is 11.3. The monoisotopic (exact) mass is 452 g/mol. The van der Waals surface area contributed by atoms with Crippen molar-refractivity contribution < 1.29 is 13.1 Å². The smallest absolute Gasteiger partial charge is 0.227 e. The average molecular weight is 453 g/mol. The van der Waals surface area contributed by atoms with E-state index in [0.717, 1.165) is 46.0 Å². The summed E-state index contributed by atoms with van der Waals surface area (Å²) < 4.78 is 33.6. The Morgan fingerprint density at radius 3 is 2.56 bits per heavy atom. The maximum absolute atomic E-state index is 8.33. The van der Waals surface area contributed by atoms with E-state index in [1.807, 2.05) is 42.9 Å². The number of rotatable bonds is 1. The molecular formula is C31H33N2O+. The molecule has 0 spiro atoms. The van der Waals surface area contributed by atoms with Gasteiger partial charge in [0.15, 0.2) is 11.8 Å². The van der Waals surface area contributed by atoms with Crippen molar-refractivity contribution in [1.82, 2.24) is 4.98 Å². The predicted molar refractivity (Wildman–Crippen MR) is 140 cm³/mol. The standard InChI is InChI=1S/C31H33N2O/c1-18-16-19(2)25(23-10-8-9-15-33(23)7)28-24(18)21-17-20-11-12-22-26(27(20)32-29(21)34-28)31(5,6)14-13-30(22,3)4/h8-12,15-17H,13-14H2,1-7H3/q+1/i1D3. The third-order valence-corrected chi connectivity index (χ3v) is 7.99. The molecule has 5 aromatic rings. The van der Waals surface area contributed by atoms with Gasteiger partial charge in [-0.15, -0.1) is 0 Å². The lowest BCUT2D eigenvalue weighted by Crippen LogP contribution is -2.34. The minimum atomic E-state index is -2.28. The van der Waals surface area contributed by atoms with Crippen molar-refractivity contribution in [2.75, 3.05) is 0 Å². The van der Waals surface area contributed by atoms with Crippen LogP contribution in [-0.4, -0.2) is 4.98 Å². The Morgan fingerprint density at radius 2 is 1.79 bits per heavy atom. The van der Waals surface area contributed by atoms with E-state index >= 15 is 0 Å². The quantitative estimate of drug-likeness (QED) is 0.245. The molecule has 0 unspecified atom stereocenters. The lowest BCUT2D eigenvalue weighted by molar-refractivity contribution is -0.660. The molecule has 0 atom stereocenters. The largest absolute Gasteiger partial charge is 0.437 e. The zero-order chi connectivity index (χ0) is 26.5. The van der Waals surface area contributed by atoms with Crippen LogP contribution in [0.2, 0.25) is 0 Å². The summed E-state index contributed by atoms with van der Waals surface area (Å²) in [6.45, 7) is 8.89. The van der Waals surface area contributed by atoms with Crippen LogP contribution >= 0.6 is 0 Å². The molecule has 0 amide bonds. The van der Waals surface area contributed by atoms with Crippen LogP contribution in [0.3, 0.4) is 0 Å². The highest BCUT2D eigenvalue weighted by Gasteiger charge is 2.38. The van der Waals surface area contributed by atoms with Gasteiger partial charge >= 0.3 is 0 Å². The molecule has 0 aliphatic heterocycles. The highest BCUT2D eigenvalue weighted by Crippen LogP contribution is 2.49. The summed E-state index contributed by atoms with van der Waals surface area (Å²) in [5.41, 5.74) is 7.76. The number of aromatic nitrogens is 2. The molecule has 0 radical (unpaired) electrons. The molecule has 6 rings (SSSR count). The Bertz CT molecular complexity index is 1740. The fraction of sp³-hybridized carbons (Fsp3) is 0.355. The maximum atomic E-state index is 8.33. The Balaban J connectivity index is 1.79. The number of hydrogen-bond donors (Lipinski definition) is 0. The fourth-order valence-electron chi connectivity index (χ4n) is 5.97. The first-order valence-corrected chi connectivity index (χ1v) is 12.1. The number of benzene rings is 2. The number of fused-ring (bicyclic) bond motifs is 6. The van der Waals surface area contributed by atoms with Crippen molar-refractivity contribution in [3.8, 4) is 11.3 Å². The average Bonchev–Trinajstić information content (AvgIpc) is 3.17. The van der Waals surface area contributed by atoms with Crippen molar-refractivity contribution in [3.63, 3.8) is 0 Å². The van der Waals surface area contributed by atoms with Crippen molar-refractivity contribution in [3.05, 3.63) is 70.9 Å². The molecule has 1 aliphatic rings. The maximum Gasteiger partial charge on any atom is 0.227 e. The summed E-state index contributed by atoms with van der Waals surface area (Å²) in [6, 6.07) is 14.3. The Morgan fingerprint density at radius 1 is 1.00 bits per heavy atom. The molecule has 0 saturated heterocycles. The first-order chi connectivity index (χ1) is 17.3. The molecule has 3 nitrogen and oxygen atoms in total. The van der Waals surface area contributed by atoms with E-state index in [0.29, 0.717) is 22.2 Å². The molecule has 172 valence electrons. The molecule has 3 heteroatoms. The number of furan rings is 1. The van der Waals surface area contributed by atoms with Crippen molar-refractivity contribution in [2.45, 2.75) is 65.1 Å². The minimum Gasteiger partial charge on any atom is -0.437 e. The molecule has 3 heterocycles. The lowest BCUT2D eigenvalue weighted by Gasteiger charge is -2.42. The highest BCUT2D eigenvalue weighted by molar-refractivity contribution is 6.13. The molecule has 0 fully saturated rings. The van der Waals surface area contributed by atoms with Crippen molar-refractivity contribution in [2.24, 2.45) is 7.05 Å². The van der Waals surface area contributed by atoms with E-state index in [1.54, 1.807) is 6.07 Å². The molecule has 3 aromatic heterocycles. The van der Waals surface area contributed by atoms with Crippen LogP contribution in [0.15, 0.2) is 53.1 Å². The van der Waals surface area contributed by atoms with Crippen LogP contribution in [0.4, 0.5) is 0 Å². The van der Waals surface area contributed by atoms with Gasteiger partial charge in [-0.05, 0) is 71.8 Å². The third kappa shape index (κ3) is 2.89. The number of aryl methyl sites for hydroxylation is 3. The van der Waals surface area contributed by atoms with Gasteiger partial charge in [0.05, 0.1) is 11.1 Å². The minimum absolute atomic E-state index is 0.0134. The van der Waals surface area contributed by atoms with E-state index in [4.69, 9.17) is 13.5 Å². The van der Waals surface area contributed by atoms with Gasteiger partial charge in [-0.3, -0.25) is 0 Å². The molecule has 1 aliphatic carbocycles. The van der Waals surface area contributed by atoms with Crippen LogP contribution in [-0.2, 0) is 17.9 Å². The second kappa shape index (κ2) is 6.91. The van der Waals surface area contributed by atoms with E-state index in [2.05, 4.69) is 45.9 Å². The van der Waals surface area contributed by atoms with E-state index in [1.165, 1.54) is 11.1 Å². The van der Waals surface area contributed by atoms with E-state index < -0.39 is 6.85 Å². The molecule has 0 saturated carbocycles. The fourth-order valence-corrected chi connectivity index (χ4v) is 5.97. The Labute approximate surface area is 205 Å². The Hall–Kier alpha value is -3.20. The topological polar surface area (TPSA) is 29.9 Å². The predicted octanol–water partition coefficient (Wildman–Crippen LogP) is 7.59. The van der Waals surface area contributed by atoms with Gasteiger partial charge in [-0.2, -0.15) is 0 Å². The second-order valence-electron chi connectivity index (χ2n) is 11.3. The molecular weight excluding hydrogens is 416 g/mol. The zero-order valence-corrected chi connectivity index (χ0v) is 20.8. The third-order valence-electron chi connectivity index (χ3n) is 7.99. The molecule has 34 heavy (non-hydrogen) atoms. The Kier molecular flexibility index (Phi) is 3.69. The first kappa shape index (κ1) is 18.2. The van der Waals surface area contributed by atoms with Crippen LogP contribution < -0.4 is 4.57 Å². The summed E-state index contributed by atoms with van der Waals surface area (Å²) in [6.07, 6.45) is 4.21. The summed E-state index contributed by atoms with van der Waals surface area (Å²) in [4.78, 5) is 5.14. The summed E-state index contributed by atoms with van der Waals surface area (Å²) in [5, 5.41) is 2.40. The number of nitrogens with zero attached hydrogens (tertiary/aromatic N) is 2. The van der Waals surface area contributed by atoms with Gasteiger partial charge in [-0.25, -0.2) is 9.55 Å². The number of hydrogen-bond acceptors (Lipinski definition) is 2. The van der Waals surface area contributed by atoms with Gasteiger partial charge in [0.1, 0.15) is 7.05 Å². The van der Waals surface area contributed by atoms with Crippen molar-refractivity contribution >= 4 is 33.0 Å². The molecule has 0 bridgehead atoms. The van der Waals surface area contributed by atoms with Gasteiger partial charge < -0.3 is 4.42 Å².